The van der Waals surface area contributed by atoms with Gasteiger partial charge >= 0.3 is 0 Å². The first kappa shape index (κ1) is 15.5. The van der Waals surface area contributed by atoms with Crippen LogP contribution in [-0.2, 0) is 6.54 Å². The van der Waals surface area contributed by atoms with Crippen LogP contribution in [0.25, 0.3) is 10.4 Å². The largest absolute Gasteiger partial charge is 0.350 e. The lowest BCUT2D eigenvalue weighted by molar-refractivity contribution is 0.0953. The van der Waals surface area contributed by atoms with Crippen LogP contribution in [0.3, 0.4) is 0 Å². The van der Waals surface area contributed by atoms with E-state index in [0.29, 0.717) is 18.0 Å². The van der Waals surface area contributed by atoms with Crippen LogP contribution in [-0.4, -0.2) is 37.0 Å². The molecule has 0 bridgehead atoms. The van der Waals surface area contributed by atoms with Crippen LogP contribution in [0.1, 0.15) is 28.4 Å². The summed E-state index contributed by atoms with van der Waals surface area (Å²) in [7, 11) is 0. The molecule has 7 heteroatoms. The molecule has 1 N–H and O–H groups in total. The Morgan fingerprint density at radius 2 is 2.21 bits per heavy atom. The second-order valence-corrected chi connectivity index (χ2v) is 5.11. The van der Waals surface area contributed by atoms with Gasteiger partial charge in [0.15, 0.2) is 0 Å². The molecule has 104 valence electrons. The van der Waals surface area contributed by atoms with E-state index in [-0.39, 0.29) is 5.91 Å². The molecule has 0 unspecified atom stereocenters. The van der Waals surface area contributed by atoms with Crippen LogP contribution in [0.2, 0.25) is 0 Å². The molecule has 0 atom stereocenters. The molecular formula is C12H19N5OS. The fourth-order valence-corrected chi connectivity index (χ4v) is 2.48. The van der Waals surface area contributed by atoms with E-state index < -0.39 is 0 Å². The molecule has 1 aromatic rings. The van der Waals surface area contributed by atoms with Crippen molar-refractivity contribution in [1.82, 2.24) is 10.2 Å². The molecule has 0 fully saturated rings. The van der Waals surface area contributed by atoms with E-state index in [1.807, 2.05) is 6.07 Å². The zero-order valence-corrected chi connectivity index (χ0v) is 12.1. The van der Waals surface area contributed by atoms with Crippen LogP contribution in [0.4, 0.5) is 0 Å². The minimum absolute atomic E-state index is 0.0654. The molecule has 1 heterocycles. The Bertz CT molecular complexity index is 449. The monoisotopic (exact) mass is 281 g/mol. The van der Waals surface area contributed by atoms with Gasteiger partial charge in [0.05, 0.1) is 11.4 Å². The van der Waals surface area contributed by atoms with Crippen molar-refractivity contribution in [1.29, 1.82) is 0 Å². The highest BCUT2D eigenvalue weighted by Gasteiger charge is 2.08. The number of azide groups is 1. The number of hydrogen-bond acceptors (Lipinski definition) is 4. The average molecular weight is 281 g/mol. The minimum Gasteiger partial charge on any atom is -0.350 e. The number of amides is 1. The number of nitrogens with one attached hydrogen (secondary N) is 1. The van der Waals surface area contributed by atoms with Gasteiger partial charge in [-0.3, -0.25) is 4.79 Å². The van der Waals surface area contributed by atoms with E-state index in [2.05, 4.69) is 34.1 Å². The first-order chi connectivity index (χ1) is 9.21. The number of likely N-dealkylation sites (N-methyl/N-ethyl adjacent to an activating group) is 1. The number of rotatable bonds is 8. The van der Waals surface area contributed by atoms with E-state index in [0.717, 1.165) is 24.5 Å². The quantitative estimate of drug-likeness (QED) is 0.451. The first-order valence-corrected chi connectivity index (χ1v) is 7.13. The van der Waals surface area contributed by atoms with Gasteiger partial charge in [0, 0.05) is 22.9 Å². The van der Waals surface area contributed by atoms with Crippen molar-refractivity contribution in [3.63, 3.8) is 0 Å². The van der Waals surface area contributed by atoms with Gasteiger partial charge in [0.25, 0.3) is 5.91 Å². The molecule has 0 spiro atoms. The number of carbonyl (C=O) groups excluding carboxylic acids is 1. The topological polar surface area (TPSA) is 81.1 Å². The summed E-state index contributed by atoms with van der Waals surface area (Å²) in [6, 6.07) is 3.58. The second-order valence-electron chi connectivity index (χ2n) is 3.94. The Morgan fingerprint density at radius 1 is 1.47 bits per heavy atom. The smallest absolute Gasteiger partial charge is 0.261 e. The summed E-state index contributed by atoms with van der Waals surface area (Å²) >= 11 is 1.36. The minimum atomic E-state index is -0.0654. The molecule has 0 aliphatic carbocycles. The summed E-state index contributed by atoms with van der Waals surface area (Å²) in [6.45, 7) is 7.98. The molecule has 0 aromatic carbocycles. The van der Waals surface area contributed by atoms with Crippen LogP contribution >= 0.6 is 11.3 Å². The van der Waals surface area contributed by atoms with Crippen molar-refractivity contribution in [2.75, 3.05) is 26.2 Å². The van der Waals surface area contributed by atoms with Crippen molar-refractivity contribution in [2.45, 2.75) is 20.4 Å². The molecule has 0 radical (unpaired) electrons. The van der Waals surface area contributed by atoms with E-state index >= 15 is 0 Å². The van der Waals surface area contributed by atoms with Crippen molar-refractivity contribution in [2.24, 2.45) is 5.11 Å². The highest BCUT2D eigenvalue weighted by Crippen LogP contribution is 2.17. The maximum Gasteiger partial charge on any atom is 0.261 e. The third-order valence-electron chi connectivity index (χ3n) is 2.78. The third kappa shape index (κ3) is 5.30. The van der Waals surface area contributed by atoms with E-state index in [1.165, 1.54) is 11.3 Å². The van der Waals surface area contributed by atoms with E-state index in [1.54, 1.807) is 6.07 Å². The molecule has 1 amide bonds. The van der Waals surface area contributed by atoms with Crippen molar-refractivity contribution in [3.05, 3.63) is 32.3 Å². The Hall–Kier alpha value is -1.56. The molecule has 1 rings (SSSR count). The summed E-state index contributed by atoms with van der Waals surface area (Å²) in [5, 5.41) is 6.37. The summed E-state index contributed by atoms with van der Waals surface area (Å²) in [6.07, 6.45) is 0. The van der Waals surface area contributed by atoms with Crippen LogP contribution < -0.4 is 5.32 Å². The Balaban J connectivity index is 2.40. The maximum atomic E-state index is 11.9. The highest BCUT2D eigenvalue weighted by atomic mass is 32.1. The zero-order valence-electron chi connectivity index (χ0n) is 11.3. The lowest BCUT2D eigenvalue weighted by atomic mass is 10.4. The van der Waals surface area contributed by atoms with Crippen molar-refractivity contribution in [3.8, 4) is 0 Å². The predicted octanol–water partition coefficient (Wildman–Crippen LogP) is 2.63. The van der Waals surface area contributed by atoms with E-state index in [4.69, 9.17) is 5.53 Å². The van der Waals surface area contributed by atoms with Crippen LogP contribution in [0.5, 0.6) is 0 Å². The summed E-state index contributed by atoms with van der Waals surface area (Å²) in [4.78, 5) is 18.4. The number of carbonyl (C=O) groups is 1. The first-order valence-electron chi connectivity index (χ1n) is 6.31. The van der Waals surface area contributed by atoms with Gasteiger partial charge in [-0.05, 0) is 30.8 Å². The standard InChI is InChI=1S/C12H19N5OS/c1-3-17(4-2)8-7-14-12(18)11-6-5-10(19-11)9-15-16-13/h5-6H,3-4,7-9H2,1-2H3,(H,14,18). The Kier molecular flexibility index (Phi) is 6.95. The van der Waals surface area contributed by atoms with Crippen LogP contribution in [0.15, 0.2) is 17.2 Å². The lowest BCUT2D eigenvalue weighted by Crippen LogP contribution is -2.34. The fraction of sp³-hybridized carbons (Fsp3) is 0.583. The van der Waals surface area contributed by atoms with Gasteiger partial charge in [0.1, 0.15) is 0 Å². The Morgan fingerprint density at radius 3 is 2.84 bits per heavy atom. The molecule has 1 aromatic heterocycles. The molecule has 0 saturated carbocycles. The molecule has 0 saturated heterocycles. The molecule has 0 aliphatic heterocycles. The third-order valence-corrected chi connectivity index (χ3v) is 3.85. The van der Waals surface area contributed by atoms with Crippen LogP contribution in [0, 0.1) is 0 Å². The van der Waals surface area contributed by atoms with Gasteiger partial charge in [-0.15, -0.1) is 11.3 Å². The lowest BCUT2D eigenvalue weighted by Gasteiger charge is -2.17. The van der Waals surface area contributed by atoms with Gasteiger partial charge in [-0.25, -0.2) is 0 Å². The Labute approximate surface area is 117 Å². The molecular weight excluding hydrogens is 262 g/mol. The molecule has 0 aliphatic rings. The maximum absolute atomic E-state index is 11.9. The zero-order chi connectivity index (χ0) is 14.1. The highest BCUT2D eigenvalue weighted by molar-refractivity contribution is 7.14. The normalized spacial score (nSPS) is 10.3. The number of hydrogen-bond donors (Lipinski definition) is 1. The van der Waals surface area contributed by atoms with Gasteiger partial charge in [-0.2, -0.15) is 0 Å². The number of thiophene rings is 1. The SMILES string of the molecule is CCN(CC)CCNC(=O)c1ccc(CN=[N+]=[N-])s1. The average Bonchev–Trinajstić information content (AvgIpc) is 2.90. The van der Waals surface area contributed by atoms with E-state index in [9.17, 15) is 4.79 Å². The fourth-order valence-electron chi connectivity index (χ4n) is 1.64. The van der Waals surface area contributed by atoms with Gasteiger partial charge < -0.3 is 10.2 Å². The van der Waals surface area contributed by atoms with Crippen molar-refractivity contribution >= 4 is 17.2 Å². The summed E-state index contributed by atoms with van der Waals surface area (Å²) in [5.74, 6) is -0.0654. The molecule has 6 nitrogen and oxygen atoms in total. The summed E-state index contributed by atoms with van der Waals surface area (Å²) in [5.41, 5.74) is 8.24. The van der Waals surface area contributed by atoms with Crippen molar-refractivity contribution < 1.29 is 4.79 Å². The van der Waals surface area contributed by atoms with Gasteiger partial charge in [-0.1, -0.05) is 19.0 Å². The van der Waals surface area contributed by atoms with Gasteiger partial charge in [0.2, 0.25) is 0 Å². The molecule has 19 heavy (non-hydrogen) atoms. The summed E-state index contributed by atoms with van der Waals surface area (Å²) < 4.78 is 0. The predicted molar refractivity (Wildman–Crippen MR) is 77.3 cm³/mol. The number of nitrogens with zero attached hydrogens (tertiary/aromatic N) is 4. The second kappa shape index (κ2) is 8.53.